The quantitative estimate of drug-likeness (QED) is 0.746. The van der Waals surface area contributed by atoms with Gasteiger partial charge in [0, 0.05) is 6.20 Å². The minimum Gasteiger partial charge on any atom is -0.463 e. The minimum atomic E-state index is 0.297. The Balaban J connectivity index is 1.93. The number of aromatic nitrogens is 2. The molecule has 1 heterocycles. The molecule has 2 rings (SSSR count). The lowest BCUT2D eigenvalue weighted by atomic mass is 9.85. The number of rotatable bonds is 3. The summed E-state index contributed by atoms with van der Waals surface area (Å²) in [4.78, 5) is 7.98. The van der Waals surface area contributed by atoms with Crippen molar-refractivity contribution in [3.05, 3.63) is 30.1 Å². The second-order valence-corrected chi connectivity index (χ2v) is 4.33. The van der Waals surface area contributed by atoms with Gasteiger partial charge in [0.25, 0.3) is 0 Å². The molecule has 2 atom stereocenters. The van der Waals surface area contributed by atoms with Gasteiger partial charge in [0.1, 0.15) is 11.8 Å². The normalized spacial score (nSPS) is 23.1. The van der Waals surface area contributed by atoms with Gasteiger partial charge in [0.2, 0.25) is 0 Å². The maximum Gasteiger partial charge on any atom is 0.317 e. The number of ether oxygens (including phenoxy) is 1. The fraction of sp³-hybridized carbons (Fsp3) is 0.462. The van der Waals surface area contributed by atoms with Gasteiger partial charge in [-0.15, -0.1) is 0 Å². The topological polar surface area (TPSA) is 58.8 Å². The van der Waals surface area contributed by atoms with Crippen molar-refractivity contribution >= 4 is 0 Å². The standard InChI is InChI=1S/C13H15N3O/c1-10-4-2-3-5-11(10)9-17-13-15-7-6-12(8-14)16-13/h2-3,6-7,10-11H,4-5,9H2,1H3. The highest BCUT2D eigenvalue weighted by molar-refractivity contribution is 5.19. The molecule has 0 radical (unpaired) electrons. The van der Waals surface area contributed by atoms with Crippen molar-refractivity contribution in [1.82, 2.24) is 9.97 Å². The van der Waals surface area contributed by atoms with Gasteiger partial charge in [-0.25, -0.2) is 4.98 Å². The number of nitriles is 1. The molecule has 0 aliphatic heterocycles. The first-order valence-corrected chi connectivity index (χ1v) is 5.80. The van der Waals surface area contributed by atoms with Crippen molar-refractivity contribution < 1.29 is 4.74 Å². The molecule has 17 heavy (non-hydrogen) atoms. The van der Waals surface area contributed by atoms with Crippen LogP contribution in [0.25, 0.3) is 0 Å². The van der Waals surface area contributed by atoms with Gasteiger partial charge in [-0.2, -0.15) is 10.2 Å². The van der Waals surface area contributed by atoms with E-state index < -0.39 is 0 Å². The third-order valence-electron chi connectivity index (χ3n) is 3.09. The summed E-state index contributed by atoms with van der Waals surface area (Å²) in [6.45, 7) is 2.84. The third kappa shape index (κ3) is 3.04. The van der Waals surface area contributed by atoms with Crippen molar-refractivity contribution in [1.29, 1.82) is 5.26 Å². The van der Waals surface area contributed by atoms with Gasteiger partial charge in [-0.3, -0.25) is 0 Å². The molecule has 0 amide bonds. The first-order chi connectivity index (χ1) is 8.29. The molecule has 4 heteroatoms. The van der Waals surface area contributed by atoms with Crippen molar-refractivity contribution in [2.45, 2.75) is 19.8 Å². The predicted octanol–water partition coefficient (Wildman–Crippen LogP) is 2.33. The van der Waals surface area contributed by atoms with E-state index in [1.54, 1.807) is 12.3 Å². The van der Waals surface area contributed by atoms with Crippen LogP contribution in [-0.2, 0) is 0 Å². The minimum absolute atomic E-state index is 0.297. The molecule has 0 spiro atoms. The van der Waals surface area contributed by atoms with Crippen LogP contribution in [0.5, 0.6) is 6.01 Å². The van der Waals surface area contributed by atoms with Crippen molar-refractivity contribution in [3.63, 3.8) is 0 Å². The second-order valence-electron chi connectivity index (χ2n) is 4.33. The summed E-state index contributed by atoms with van der Waals surface area (Å²) in [5.74, 6) is 1.13. The van der Waals surface area contributed by atoms with Crippen LogP contribution in [0.1, 0.15) is 25.5 Å². The average molecular weight is 229 g/mol. The van der Waals surface area contributed by atoms with Crippen LogP contribution in [0.15, 0.2) is 24.4 Å². The highest BCUT2D eigenvalue weighted by atomic mass is 16.5. The summed E-state index contributed by atoms with van der Waals surface area (Å²) in [6.07, 6.45) is 8.10. The van der Waals surface area contributed by atoms with Gasteiger partial charge >= 0.3 is 6.01 Å². The van der Waals surface area contributed by atoms with Gasteiger partial charge in [-0.05, 0) is 30.7 Å². The summed E-state index contributed by atoms with van der Waals surface area (Å²) >= 11 is 0. The van der Waals surface area contributed by atoms with E-state index in [-0.39, 0.29) is 0 Å². The first kappa shape index (κ1) is 11.6. The smallest absolute Gasteiger partial charge is 0.317 e. The van der Waals surface area contributed by atoms with Gasteiger partial charge in [0.05, 0.1) is 6.61 Å². The van der Waals surface area contributed by atoms with Crippen LogP contribution in [0.2, 0.25) is 0 Å². The van der Waals surface area contributed by atoms with Crippen molar-refractivity contribution in [2.75, 3.05) is 6.61 Å². The summed E-state index contributed by atoms with van der Waals surface area (Å²) in [7, 11) is 0. The molecule has 0 N–H and O–H groups in total. The highest BCUT2D eigenvalue weighted by Crippen LogP contribution is 2.25. The molecule has 88 valence electrons. The summed E-state index contributed by atoms with van der Waals surface area (Å²) in [5, 5.41) is 8.72. The first-order valence-electron chi connectivity index (χ1n) is 5.80. The molecule has 4 nitrogen and oxygen atoms in total. The molecule has 0 aromatic carbocycles. The Kier molecular flexibility index (Phi) is 3.71. The Morgan fingerprint density at radius 1 is 1.47 bits per heavy atom. The summed E-state index contributed by atoms with van der Waals surface area (Å²) < 4.78 is 5.55. The highest BCUT2D eigenvalue weighted by Gasteiger charge is 2.19. The lowest BCUT2D eigenvalue weighted by molar-refractivity contribution is 0.186. The maximum absolute atomic E-state index is 8.72. The monoisotopic (exact) mass is 229 g/mol. The number of allylic oxidation sites excluding steroid dienone is 2. The second kappa shape index (κ2) is 5.44. The molecule has 1 aromatic heterocycles. The summed E-state index contributed by atoms with van der Waals surface area (Å²) in [6, 6.07) is 3.84. The molecule has 1 aliphatic rings. The molecule has 1 aliphatic carbocycles. The molecule has 0 fully saturated rings. The van der Waals surface area contributed by atoms with Crippen LogP contribution >= 0.6 is 0 Å². The molecular formula is C13H15N3O. The fourth-order valence-corrected chi connectivity index (χ4v) is 1.89. The zero-order valence-electron chi connectivity index (χ0n) is 9.84. The van der Waals surface area contributed by atoms with Gasteiger partial charge in [-0.1, -0.05) is 19.1 Å². The maximum atomic E-state index is 8.72. The Morgan fingerprint density at radius 3 is 3.06 bits per heavy atom. The van der Waals surface area contributed by atoms with Crippen LogP contribution in [0, 0.1) is 23.2 Å². The van der Waals surface area contributed by atoms with Crippen molar-refractivity contribution in [2.24, 2.45) is 11.8 Å². The van der Waals surface area contributed by atoms with E-state index in [0.29, 0.717) is 30.1 Å². The molecule has 2 unspecified atom stereocenters. The number of nitrogens with zero attached hydrogens (tertiary/aromatic N) is 3. The number of hydrogen-bond donors (Lipinski definition) is 0. The largest absolute Gasteiger partial charge is 0.463 e. The predicted molar refractivity (Wildman–Crippen MR) is 63.3 cm³/mol. The van der Waals surface area contributed by atoms with E-state index in [2.05, 4.69) is 29.0 Å². The fourth-order valence-electron chi connectivity index (χ4n) is 1.89. The van der Waals surface area contributed by atoms with E-state index >= 15 is 0 Å². The molecule has 0 bridgehead atoms. The summed E-state index contributed by atoms with van der Waals surface area (Å²) in [5.41, 5.74) is 0.339. The van der Waals surface area contributed by atoms with E-state index in [9.17, 15) is 0 Å². The lowest BCUT2D eigenvalue weighted by Gasteiger charge is -2.24. The van der Waals surface area contributed by atoms with E-state index in [4.69, 9.17) is 10.00 Å². The van der Waals surface area contributed by atoms with Crippen LogP contribution in [0.3, 0.4) is 0 Å². The molecule has 1 aromatic rings. The Bertz CT molecular complexity index is 450. The molecule has 0 saturated heterocycles. The van der Waals surface area contributed by atoms with Crippen molar-refractivity contribution in [3.8, 4) is 12.1 Å². The van der Waals surface area contributed by atoms with E-state index in [1.165, 1.54) is 0 Å². The third-order valence-corrected chi connectivity index (χ3v) is 3.09. The van der Waals surface area contributed by atoms with Crippen LogP contribution in [0.4, 0.5) is 0 Å². The molecular weight excluding hydrogens is 214 g/mol. The lowest BCUT2D eigenvalue weighted by Crippen LogP contribution is -2.21. The number of hydrogen-bond acceptors (Lipinski definition) is 4. The van der Waals surface area contributed by atoms with E-state index in [0.717, 1.165) is 12.8 Å². The van der Waals surface area contributed by atoms with Crippen LogP contribution in [-0.4, -0.2) is 16.6 Å². The molecule has 0 saturated carbocycles. The SMILES string of the molecule is CC1CC=CCC1COc1nccc(C#N)n1. The average Bonchev–Trinajstić information content (AvgIpc) is 2.38. The van der Waals surface area contributed by atoms with E-state index in [1.807, 2.05) is 6.07 Å². The van der Waals surface area contributed by atoms with Crippen LogP contribution < -0.4 is 4.74 Å². The Morgan fingerprint density at radius 2 is 2.29 bits per heavy atom. The zero-order chi connectivity index (χ0) is 12.1. The zero-order valence-corrected chi connectivity index (χ0v) is 9.84. The van der Waals surface area contributed by atoms with Gasteiger partial charge < -0.3 is 4.74 Å². The Labute approximate surface area is 101 Å². The van der Waals surface area contributed by atoms with Gasteiger partial charge in [0.15, 0.2) is 0 Å². The Hall–Kier alpha value is -1.89.